The quantitative estimate of drug-likeness (QED) is 0.155. The van der Waals surface area contributed by atoms with E-state index in [-0.39, 0.29) is 10.8 Å². The summed E-state index contributed by atoms with van der Waals surface area (Å²) in [6, 6.07) is 42.1. The van der Waals surface area contributed by atoms with Crippen LogP contribution in [0.15, 0.2) is 188 Å². The predicted molar refractivity (Wildman–Crippen MR) is 235 cm³/mol. The van der Waals surface area contributed by atoms with Crippen molar-refractivity contribution in [1.29, 1.82) is 0 Å². The molecule has 3 heterocycles. The summed E-state index contributed by atoms with van der Waals surface area (Å²) in [5, 5.41) is 0. The number of rotatable bonds is 7. The van der Waals surface area contributed by atoms with Crippen molar-refractivity contribution in [1.82, 2.24) is 0 Å². The molecule has 0 fully saturated rings. The third-order valence-electron chi connectivity index (χ3n) is 12.3. The van der Waals surface area contributed by atoms with E-state index in [0.29, 0.717) is 5.92 Å². The normalized spacial score (nSPS) is 19.7. The van der Waals surface area contributed by atoms with Crippen LogP contribution < -0.4 is 9.80 Å². The van der Waals surface area contributed by atoms with E-state index in [2.05, 4.69) is 202 Å². The largest absolute Gasteiger partial charge is 0.336 e. The van der Waals surface area contributed by atoms with Gasteiger partial charge in [0.1, 0.15) is 0 Å². The van der Waals surface area contributed by atoms with Gasteiger partial charge < -0.3 is 9.80 Å². The van der Waals surface area contributed by atoms with Gasteiger partial charge in [0.2, 0.25) is 0 Å². The maximum absolute atomic E-state index is 4.80. The lowest BCUT2D eigenvalue weighted by atomic mass is 9.69. The minimum Gasteiger partial charge on any atom is -0.336 e. The van der Waals surface area contributed by atoms with Crippen LogP contribution >= 0.6 is 0 Å². The van der Waals surface area contributed by atoms with Crippen LogP contribution in [0.4, 0.5) is 28.4 Å². The molecule has 2 nitrogen and oxygen atoms in total. The van der Waals surface area contributed by atoms with Gasteiger partial charge >= 0.3 is 0 Å². The molecule has 5 aromatic rings. The highest BCUT2D eigenvalue weighted by atomic mass is 15.2. The standard InChI is InChI=1S/C53H48N2/c1-7-18-37(29-30-39-21-16-20-38-19-14-15-26-45(38)39)40-31-36(2)52(3,4)47-27-17-28-48-51(47)54-35-41(32-40)46-33-44(34-49(50(46)54)53(48,5)6)55(42-22-10-8-11-23-42)43-24-12-9-13-25-43/h7-20,22-34,39H,1-2,21,35H2,3-6H3/b30-29-,37-18+,40-31+,41-32?. The summed E-state index contributed by atoms with van der Waals surface area (Å²) >= 11 is 0. The van der Waals surface area contributed by atoms with Gasteiger partial charge in [-0.1, -0.05) is 162 Å². The van der Waals surface area contributed by atoms with Crippen LogP contribution in [0.25, 0.3) is 11.6 Å². The number of hydrogen-bond acceptors (Lipinski definition) is 2. The summed E-state index contributed by atoms with van der Waals surface area (Å²) in [6.45, 7) is 19.3. The highest BCUT2D eigenvalue weighted by Crippen LogP contribution is 2.59. The first kappa shape index (κ1) is 34.6. The van der Waals surface area contributed by atoms with Crippen molar-refractivity contribution in [2.24, 2.45) is 0 Å². The Kier molecular flexibility index (Phi) is 8.39. The van der Waals surface area contributed by atoms with Crippen LogP contribution in [-0.4, -0.2) is 6.54 Å². The Morgan fingerprint density at radius 3 is 2.11 bits per heavy atom. The van der Waals surface area contributed by atoms with Crippen LogP contribution in [0.3, 0.4) is 0 Å². The van der Waals surface area contributed by atoms with Gasteiger partial charge in [0.05, 0.1) is 5.69 Å². The van der Waals surface area contributed by atoms with E-state index in [4.69, 9.17) is 6.58 Å². The Balaban J connectivity index is 1.28. The summed E-state index contributed by atoms with van der Waals surface area (Å²) in [4.78, 5) is 5.02. The monoisotopic (exact) mass is 712 g/mol. The second-order valence-corrected chi connectivity index (χ2v) is 16.3. The number of allylic oxidation sites excluding steroid dienone is 10. The molecule has 0 radical (unpaired) electrons. The number of benzene rings is 5. The van der Waals surface area contributed by atoms with Gasteiger partial charge in [-0.15, -0.1) is 0 Å². The van der Waals surface area contributed by atoms with Gasteiger partial charge in [-0.3, -0.25) is 0 Å². The van der Waals surface area contributed by atoms with E-state index in [0.717, 1.165) is 46.7 Å². The van der Waals surface area contributed by atoms with Gasteiger partial charge in [-0.05, 0) is 99.0 Å². The molecular formula is C53H48N2. The lowest BCUT2D eigenvalue weighted by Crippen LogP contribution is -2.34. The highest BCUT2D eigenvalue weighted by molar-refractivity contribution is 5.99. The smallest absolute Gasteiger partial charge is 0.0534 e. The molecule has 9 rings (SSSR count). The molecule has 0 saturated carbocycles. The summed E-state index contributed by atoms with van der Waals surface area (Å²) < 4.78 is 0. The topological polar surface area (TPSA) is 6.48 Å². The van der Waals surface area contributed by atoms with Crippen LogP contribution in [0.5, 0.6) is 0 Å². The molecule has 0 aromatic heterocycles. The molecule has 55 heavy (non-hydrogen) atoms. The molecule has 4 aliphatic rings. The maximum Gasteiger partial charge on any atom is 0.0534 e. The molecule has 0 saturated heterocycles. The fraction of sp³-hybridized carbons (Fsp3) is 0.170. The second-order valence-electron chi connectivity index (χ2n) is 16.3. The second kappa shape index (κ2) is 13.3. The Morgan fingerprint density at radius 1 is 0.727 bits per heavy atom. The average molecular weight is 713 g/mol. The fourth-order valence-electron chi connectivity index (χ4n) is 9.18. The molecule has 1 atom stereocenters. The van der Waals surface area contributed by atoms with Crippen molar-refractivity contribution >= 4 is 40.1 Å². The number of anilines is 5. The van der Waals surface area contributed by atoms with E-state index < -0.39 is 0 Å². The summed E-state index contributed by atoms with van der Waals surface area (Å²) in [5.41, 5.74) is 18.1. The van der Waals surface area contributed by atoms with E-state index in [9.17, 15) is 0 Å². The van der Waals surface area contributed by atoms with E-state index >= 15 is 0 Å². The lowest BCUT2D eigenvalue weighted by molar-refractivity contribution is 0.607. The SMILES string of the molecule is C=C/C=C(\C=C/C1CC=Cc2ccccc21)C1=C/C(=C)C(C)(C)c2cccc3c2N2CC(=C\1)c1cc(N(c4ccccc4)c4ccccc4)cc(c12)C3(C)C. The zero-order chi connectivity index (χ0) is 37.9. The lowest BCUT2D eigenvalue weighted by Gasteiger charge is -2.44. The van der Waals surface area contributed by atoms with Gasteiger partial charge in [0.25, 0.3) is 0 Å². The van der Waals surface area contributed by atoms with Crippen LogP contribution in [0.2, 0.25) is 0 Å². The Labute approximate surface area is 327 Å². The zero-order valence-corrected chi connectivity index (χ0v) is 32.4. The van der Waals surface area contributed by atoms with Crippen LogP contribution in [-0.2, 0) is 10.8 Å². The van der Waals surface area contributed by atoms with Gasteiger partial charge in [-0.2, -0.15) is 0 Å². The summed E-state index contributed by atoms with van der Waals surface area (Å²) in [6.07, 6.45) is 19.1. The molecule has 5 aromatic carbocycles. The maximum atomic E-state index is 4.80. The molecule has 1 aliphatic carbocycles. The minimum absolute atomic E-state index is 0.250. The molecule has 0 amide bonds. The molecule has 0 N–H and O–H groups in total. The Bertz CT molecular complexity index is 2480. The Hall–Kier alpha value is -6.12. The molecule has 2 bridgehead atoms. The van der Waals surface area contributed by atoms with Crippen molar-refractivity contribution in [3.63, 3.8) is 0 Å². The van der Waals surface area contributed by atoms with Gasteiger partial charge in [0.15, 0.2) is 0 Å². The van der Waals surface area contributed by atoms with Gasteiger partial charge in [-0.25, -0.2) is 0 Å². The van der Waals surface area contributed by atoms with E-state index in [1.165, 1.54) is 50.3 Å². The third kappa shape index (κ3) is 5.71. The van der Waals surface area contributed by atoms with Crippen molar-refractivity contribution < 1.29 is 0 Å². The first-order chi connectivity index (χ1) is 26.7. The van der Waals surface area contributed by atoms with Crippen molar-refractivity contribution in [3.05, 3.63) is 221 Å². The Morgan fingerprint density at radius 2 is 1.40 bits per heavy atom. The number of hydrogen-bond donors (Lipinski definition) is 0. The molecule has 2 heteroatoms. The predicted octanol–water partition coefficient (Wildman–Crippen LogP) is 14.0. The summed E-state index contributed by atoms with van der Waals surface area (Å²) in [5.74, 6) is 0.304. The van der Waals surface area contributed by atoms with Crippen LogP contribution in [0, 0.1) is 0 Å². The first-order valence-electron chi connectivity index (χ1n) is 19.6. The van der Waals surface area contributed by atoms with E-state index in [1.54, 1.807) is 0 Å². The molecule has 0 spiro atoms. The van der Waals surface area contributed by atoms with E-state index in [1.807, 2.05) is 6.08 Å². The molecule has 3 aliphatic heterocycles. The molecular weight excluding hydrogens is 665 g/mol. The molecule has 270 valence electrons. The molecule has 1 unspecified atom stereocenters. The van der Waals surface area contributed by atoms with Crippen molar-refractivity contribution in [2.75, 3.05) is 16.3 Å². The average Bonchev–Trinajstić information content (AvgIpc) is 3.56. The number of nitrogens with zero attached hydrogens (tertiary/aromatic N) is 2. The highest BCUT2D eigenvalue weighted by Gasteiger charge is 2.45. The van der Waals surface area contributed by atoms with Crippen molar-refractivity contribution in [3.8, 4) is 0 Å². The first-order valence-corrected chi connectivity index (χ1v) is 19.6. The minimum atomic E-state index is -0.328. The van der Waals surface area contributed by atoms with Gasteiger partial charge in [0, 0.05) is 51.6 Å². The van der Waals surface area contributed by atoms with Crippen molar-refractivity contribution in [2.45, 2.75) is 50.9 Å². The summed E-state index contributed by atoms with van der Waals surface area (Å²) in [7, 11) is 0. The van der Waals surface area contributed by atoms with Crippen LogP contribution in [0.1, 0.15) is 73.4 Å². The number of para-hydroxylation sites is 3. The number of fused-ring (bicyclic) bond motifs is 3. The zero-order valence-electron chi connectivity index (χ0n) is 32.4. The third-order valence-corrected chi connectivity index (χ3v) is 12.3. The fourth-order valence-corrected chi connectivity index (χ4v) is 9.18.